The highest BCUT2D eigenvalue weighted by Gasteiger charge is 2.25. The Hall–Kier alpha value is -2.58. The summed E-state index contributed by atoms with van der Waals surface area (Å²) in [6.07, 6.45) is 2.02. The van der Waals surface area contributed by atoms with Crippen LogP contribution in [0.2, 0.25) is 0 Å². The van der Waals surface area contributed by atoms with Gasteiger partial charge in [0.2, 0.25) is 0 Å². The number of carbonyl (C=O) groups is 1. The average Bonchev–Trinajstić information content (AvgIpc) is 2.74. The zero-order valence-corrected chi connectivity index (χ0v) is 17.8. The topological polar surface area (TPSA) is 69.9 Å². The monoisotopic (exact) mass is 414 g/mol. The molecular formula is C21H26N4O3S. The number of carbonyl (C=O) groups excluding carboxylic acids is 1. The van der Waals surface area contributed by atoms with E-state index < -0.39 is 4.92 Å². The van der Waals surface area contributed by atoms with E-state index >= 15 is 0 Å². The first-order valence-electron chi connectivity index (χ1n) is 9.49. The van der Waals surface area contributed by atoms with Crippen LogP contribution in [0.15, 0.2) is 47.4 Å². The lowest BCUT2D eigenvalue weighted by Crippen LogP contribution is -2.44. The van der Waals surface area contributed by atoms with E-state index in [9.17, 15) is 14.9 Å². The molecule has 1 aliphatic heterocycles. The molecule has 2 aromatic carbocycles. The summed E-state index contributed by atoms with van der Waals surface area (Å²) in [6.45, 7) is 3.63. The lowest BCUT2D eigenvalue weighted by atomic mass is 10.1. The molecule has 0 N–H and O–H groups in total. The minimum atomic E-state index is -0.397. The molecule has 0 aliphatic carbocycles. The number of nitro benzene ring substituents is 1. The Bertz CT molecular complexity index is 880. The summed E-state index contributed by atoms with van der Waals surface area (Å²) in [4.78, 5) is 31.1. The quantitative estimate of drug-likeness (QED) is 0.410. The number of piperazine rings is 1. The van der Waals surface area contributed by atoms with Gasteiger partial charge in [-0.1, -0.05) is 12.1 Å². The Labute approximate surface area is 175 Å². The number of anilines is 1. The Morgan fingerprint density at radius 2 is 1.79 bits per heavy atom. The molecule has 1 heterocycles. The van der Waals surface area contributed by atoms with Crippen molar-refractivity contribution in [3.63, 3.8) is 0 Å². The van der Waals surface area contributed by atoms with Crippen molar-refractivity contribution in [2.75, 3.05) is 51.4 Å². The molecule has 1 saturated heterocycles. The number of likely N-dealkylation sites (N-methyl/N-ethyl adjacent to an activating group) is 1. The number of nitrogens with zero attached hydrogens (tertiary/aromatic N) is 4. The molecule has 0 unspecified atom stereocenters. The molecule has 0 saturated carbocycles. The third kappa shape index (κ3) is 5.07. The van der Waals surface area contributed by atoms with Crippen molar-refractivity contribution in [3.8, 4) is 0 Å². The Balaban J connectivity index is 1.77. The number of rotatable bonds is 6. The molecule has 1 amide bonds. The van der Waals surface area contributed by atoms with Crippen LogP contribution in [-0.2, 0) is 6.54 Å². The Morgan fingerprint density at radius 3 is 2.38 bits per heavy atom. The van der Waals surface area contributed by atoms with E-state index in [-0.39, 0.29) is 11.6 Å². The first-order chi connectivity index (χ1) is 13.9. The molecule has 0 atom stereocenters. The van der Waals surface area contributed by atoms with E-state index in [4.69, 9.17) is 0 Å². The fraction of sp³-hybridized carbons (Fsp3) is 0.381. The number of benzene rings is 2. The summed E-state index contributed by atoms with van der Waals surface area (Å²) in [6, 6.07) is 12.8. The predicted octanol–water partition coefficient (Wildman–Crippen LogP) is 3.34. The minimum absolute atomic E-state index is 0.0156. The molecule has 154 valence electrons. The molecule has 7 nitrogen and oxygen atoms in total. The van der Waals surface area contributed by atoms with Crippen LogP contribution < -0.4 is 4.90 Å². The SMILES string of the molecule is CSc1ccc(CN(C)C(=O)c2ccc(N3CCN(C)CC3)c([N+](=O)[O-])c2)cc1. The molecule has 3 rings (SSSR count). The standard InChI is InChI=1S/C21H26N4O3S/c1-22-10-12-24(13-11-22)19-9-6-17(14-20(19)25(27)28)21(26)23(2)15-16-4-7-18(29-3)8-5-16/h4-9,14H,10-13,15H2,1-3H3. The number of amides is 1. The third-order valence-electron chi connectivity index (χ3n) is 5.19. The summed E-state index contributed by atoms with van der Waals surface area (Å²) in [7, 11) is 3.75. The molecule has 0 radical (unpaired) electrons. The summed E-state index contributed by atoms with van der Waals surface area (Å²) >= 11 is 1.67. The molecule has 0 bridgehead atoms. The number of nitro groups is 1. The van der Waals surface area contributed by atoms with E-state index in [0.717, 1.165) is 36.6 Å². The molecular weight excluding hydrogens is 388 g/mol. The van der Waals surface area contributed by atoms with E-state index in [1.54, 1.807) is 35.8 Å². The highest BCUT2D eigenvalue weighted by molar-refractivity contribution is 7.98. The predicted molar refractivity (Wildman–Crippen MR) is 117 cm³/mol. The van der Waals surface area contributed by atoms with E-state index in [0.29, 0.717) is 17.8 Å². The van der Waals surface area contributed by atoms with Gasteiger partial charge < -0.3 is 14.7 Å². The second-order valence-electron chi connectivity index (χ2n) is 7.26. The first kappa shape index (κ1) is 21.1. The fourth-order valence-corrected chi connectivity index (χ4v) is 3.82. The van der Waals surface area contributed by atoms with Gasteiger partial charge in [-0.05, 0) is 43.1 Å². The molecule has 1 aliphatic rings. The van der Waals surface area contributed by atoms with Crippen molar-refractivity contribution in [1.29, 1.82) is 0 Å². The van der Waals surface area contributed by atoms with E-state index in [1.807, 2.05) is 42.5 Å². The first-order valence-corrected chi connectivity index (χ1v) is 10.7. The zero-order valence-electron chi connectivity index (χ0n) is 17.0. The molecule has 0 spiro atoms. The van der Waals surface area contributed by atoms with E-state index in [2.05, 4.69) is 4.90 Å². The maximum absolute atomic E-state index is 12.9. The van der Waals surface area contributed by atoms with Gasteiger partial charge in [0.25, 0.3) is 11.6 Å². The van der Waals surface area contributed by atoms with Crippen LogP contribution in [0.3, 0.4) is 0 Å². The summed E-state index contributed by atoms with van der Waals surface area (Å²) in [5, 5.41) is 11.7. The van der Waals surface area contributed by atoms with Crippen molar-refractivity contribution < 1.29 is 9.72 Å². The van der Waals surface area contributed by atoms with Crippen LogP contribution in [0.1, 0.15) is 15.9 Å². The minimum Gasteiger partial charge on any atom is -0.363 e. The van der Waals surface area contributed by atoms with Crippen LogP contribution >= 0.6 is 11.8 Å². The average molecular weight is 415 g/mol. The molecule has 2 aromatic rings. The second kappa shape index (κ2) is 9.28. The smallest absolute Gasteiger partial charge is 0.293 e. The van der Waals surface area contributed by atoms with Gasteiger partial charge in [-0.25, -0.2) is 0 Å². The van der Waals surface area contributed by atoms with Gasteiger partial charge in [0.1, 0.15) is 5.69 Å². The molecule has 1 fully saturated rings. The van der Waals surface area contributed by atoms with Gasteiger partial charge in [0.05, 0.1) is 4.92 Å². The van der Waals surface area contributed by atoms with Crippen molar-refractivity contribution in [3.05, 3.63) is 63.7 Å². The van der Waals surface area contributed by atoms with Crippen LogP contribution in [-0.4, -0.2) is 67.2 Å². The van der Waals surface area contributed by atoms with Gasteiger partial charge in [0.15, 0.2) is 0 Å². The number of thioether (sulfide) groups is 1. The maximum Gasteiger partial charge on any atom is 0.293 e. The normalized spacial score (nSPS) is 14.7. The summed E-state index contributed by atoms with van der Waals surface area (Å²) in [5.74, 6) is -0.230. The molecule has 29 heavy (non-hydrogen) atoms. The number of hydrogen-bond acceptors (Lipinski definition) is 6. The van der Waals surface area contributed by atoms with Gasteiger partial charge >= 0.3 is 0 Å². The molecule has 8 heteroatoms. The van der Waals surface area contributed by atoms with Crippen molar-refractivity contribution >= 4 is 29.0 Å². The van der Waals surface area contributed by atoms with Crippen molar-refractivity contribution in [2.45, 2.75) is 11.4 Å². The lowest BCUT2D eigenvalue weighted by molar-refractivity contribution is -0.384. The largest absolute Gasteiger partial charge is 0.363 e. The van der Waals surface area contributed by atoms with Gasteiger partial charge in [-0.15, -0.1) is 11.8 Å². The maximum atomic E-state index is 12.9. The summed E-state index contributed by atoms with van der Waals surface area (Å²) in [5.41, 5.74) is 1.91. The van der Waals surface area contributed by atoms with Crippen molar-refractivity contribution in [1.82, 2.24) is 9.80 Å². The van der Waals surface area contributed by atoms with Gasteiger partial charge in [-0.3, -0.25) is 14.9 Å². The van der Waals surface area contributed by atoms with Gasteiger partial charge in [-0.2, -0.15) is 0 Å². The van der Waals surface area contributed by atoms with Crippen LogP contribution in [0.25, 0.3) is 0 Å². The van der Waals surface area contributed by atoms with Crippen LogP contribution in [0, 0.1) is 10.1 Å². The second-order valence-corrected chi connectivity index (χ2v) is 8.14. The highest BCUT2D eigenvalue weighted by Crippen LogP contribution is 2.30. The Morgan fingerprint density at radius 1 is 1.14 bits per heavy atom. The zero-order chi connectivity index (χ0) is 21.0. The highest BCUT2D eigenvalue weighted by atomic mass is 32.2. The van der Waals surface area contributed by atoms with Crippen molar-refractivity contribution in [2.24, 2.45) is 0 Å². The van der Waals surface area contributed by atoms with Crippen LogP contribution in [0.4, 0.5) is 11.4 Å². The Kier molecular flexibility index (Phi) is 6.76. The third-order valence-corrected chi connectivity index (χ3v) is 5.93. The van der Waals surface area contributed by atoms with Gasteiger partial charge in [0, 0.05) is 56.3 Å². The molecule has 0 aromatic heterocycles. The fourth-order valence-electron chi connectivity index (χ4n) is 3.41. The van der Waals surface area contributed by atoms with Crippen LogP contribution in [0.5, 0.6) is 0 Å². The lowest BCUT2D eigenvalue weighted by Gasteiger charge is -2.33. The van der Waals surface area contributed by atoms with E-state index in [1.165, 1.54) is 6.07 Å². The summed E-state index contributed by atoms with van der Waals surface area (Å²) < 4.78 is 0. The number of hydrogen-bond donors (Lipinski definition) is 0.